The third-order valence-electron chi connectivity index (χ3n) is 6.06. The number of allylic oxidation sites excluding steroid dienone is 1. The average Bonchev–Trinajstić information content (AvgIpc) is 3.10. The minimum absolute atomic E-state index is 0.694. The highest BCUT2D eigenvalue weighted by atomic mass is 14.8. The van der Waals surface area contributed by atoms with Crippen LogP contribution in [0.4, 0.5) is 0 Å². The van der Waals surface area contributed by atoms with Crippen molar-refractivity contribution in [1.82, 2.24) is 0 Å². The van der Waals surface area contributed by atoms with Gasteiger partial charge in [-0.2, -0.15) is 0 Å². The van der Waals surface area contributed by atoms with Crippen LogP contribution < -0.4 is 0 Å². The molecule has 0 radical (unpaired) electrons. The van der Waals surface area contributed by atoms with Crippen LogP contribution in [-0.2, 0) is 6.42 Å². The van der Waals surface area contributed by atoms with E-state index in [1.165, 1.54) is 48.1 Å². The maximum Gasteiger partial charge on any atom is 0.0515 e. The van der Waals surface area contributed by atoms with E-state index in [-0.39, 0.29) is 0 Å². The predicted molar refractivity (Wildman–Crippen MR) is 93.1 cm³/mol. The van der Waals surface area contributed by atoms with Gasteiger partial charge in [-0.15, -0.1) is 0 Å². The molecule has 4 rings (SSSR count). The fourth-order valence-electron chi connectivity index (χ4n) is 5.23. The maximum atomic E-state index is 4.89. The Balaban J connectivity index is 1.64. The summed E-state index contributed by atoms with van der Waals surface area (Å²) in [4.78, 5) is 4.89. The third-order valence-corrected chi connectivity index (χ3v) is 6.06. The van der Waals surface area contributed by atoms with Crippen molar-refractivity contribution in [2.24, 2.45) is 34.6 Å². The smallest absolute Gasteiger partial charge is 0.0515 e. The molecule has 2 fully saturated rings. The van der Waals surface area contributed by atoms with Gasteiger partial charge in [-0.1, -0.05) is 43.7 Å². The molecule has 1 heterocycles. The van der Waals surface area contributed by atoms with Gasteiger partial charge in [0.05, 0.1) is 5.71 Å². The molecule has 2 saturated carbocycles. The number of benzene rings is 1. The predicted octanol–water partition coefficient (Wildman–Crippen LogP) is 5.25. The molecule has 0 spiro atoms. The number of nitrogens with zero attached hydrogens (tertiary/aromatic N) is 1. The topological polar surface area (TPSA) is 12.4 Å². The lowest BCUT2D eigenvalue weighted by Gasteiger charge is -2.35. The number of fused-ring (bicyclic) bond motifs is 5. The van der Waals surface area contributed by atoms with E-state index in [0.717, 1.165) is 23.7 Å². The van der Waals surface area contributed by atoms with Crippen molar-refractivity contribution in [1.29, 1.82) is 0 Å². The second-order valence-electron chi connectivity index (χ2n) is 8.07. The van der Waals surface area contributed by atoms with E-state index in [1.54, 1.807) is 0 Å². The van der Waals surface area contributed by atoms with Gasteiger partial charge in [-0.05, 0) is 67.4 Å². The van der Waals surface area contributed by atoms with Gasteiger partial charge >= 0.3 is 0 Å². The molecule has 0 aromatic heterocycles. The molecule has 2 bridgehead atoms. The Morgan fingerprint density at radius 3 is 2.41 bits per heavy atom. The summed E-state index contributed by atoms with van der Waals surface area (Å²) in [6.45, 7) is 6.86. The highest BCUT2D eigenvalue weighted by Gasteiger charge is 2.51. The summed E-state index contributed by atoms with van der Waals surface area (Å²) < 4.78 is 0. The van der Waals surface area contributed by atoms with Crippen LogP contribution >= 0.6 is 0 Å². The molecule has 0 N–H and O–H groups in total. The Hall–Kier alpha value is -1.37. The van der Waals surface area contributed by atoms with E-state index in [4.69, 9.17) is 4.99 Å². The molecule has 116 valence electrons. The number of rotatable bonds is 3. The first kappa shape index (κ1) is 14.2. The molecule has 22 heavy (non-hydrogen) atoms. The van der Waals surface area contributed by atoms with E-state index in [1.807, 2.05) is 0 Å². The Morgan fingerprint density at radius 2 is 1.73 bits per heavy atom. The molecular weight excluding hydrogens is 266 g/mol. The summed E-state index contributed by atoms with van der Waals surface area (Å²) in [6.07, 6.45) is 7.62. The Morgan fingerprint density at radius 1 is 1.05 bits per heavy atom. The minimum Gasteiger partial charge on any atom is -0.260 e. The molecule has 0 saturated heterocycles. The van der Waals surface area contributed by atoms with E-state index >= 15 is 0 Å². The number of aliphatic imine (C=N–C) groups is 1. The van der Waals surface area contributed by atoms with Crippen LogP contribution in [-0.4, -0.2) is 5.71 Å². The highest BCUT2D eigenvalue weighted by Crippen LogP contribution is 2.56. The van der Waals surface area contributed by atoms with Crippen LogP contribution in [0.25, 0.3) is 0 Å². The van der Waals surface area contributed by atoms with Gasteiger partial charge < -0.3 is 0 Å². The lowest BCUT2D eigenvalue weighted by molar-refractivity contribution is 0.318. The maximum absolute atomic E-state index is 4.89. The minimum atomic E-state index is 0.694. The van der Waals surface area contributed by atoms with Gasteiger partial charge in [-0.25, -0.2) is 0 Å². The summed E-state index contributed by atoms with van der Waals surface area (Å²) in [5.74, 6) is 4.00. The van der Waals surface area contributed by atoms with Crippen LogP contribution in [0.1, 0.15) is 51.2 Å². The average molecular weight is 293 g/mol. The Bertz CT molecular complexity index is 620. The normalized spacial score (nSPS) is 32.9. The molecule has 0 amide bonds. The van der Waals surface area contributed by atoms with E-state index in [0.29, 0.717) is 5.92 Å². The second kappa shape index (κ2) is 5.37. The van der Waals surface area contributed by atoms with Gasteiger partial charge in [0.25, 0.3) is 0 Å². The molecule has 1 aliphatic heterocycles. The molecule has 1 aromatic carbocycles. The summed E-state index contributed by atoms with van der Waals surface area (Å²) in [5.41, 5.74) is 5.71. The third kappa shape index (κ3) is 2.26. The molecule has 3 aliphatic rings. The Labute approximate surface area is 134 Å². The quantitative estimate of drug-likeness (QED) is 0.721. The van der Waals surface area contributed by atoms with Crippen LogP contribution in [0.2, 0.25) is 0 Å². The molecular formula is C21H27N. The van der Waals surface area contributed by atoms with Crippen molar-refractivity contribution < 1.29 is 0 Å². The summed E-state index contributed by atoms with van der Waals surface area (Å²) >= 11 is 0. The summed E-state index contributed by atoms with van der Waals surface area (Å²) in [7, 11) is 0. The Kier molecular flexibility index (Phi) is 3.47. The molecule has 1 heteroatoms. The van der Waals surface area contributed by atoms with Crippen LogP contribution in [0.15, 0.2) is 41.0 Å². The summed E-state index contributed by atoms with van der Waals surface area (Å²) in [5, 5.41) is 0. The van der Waals surface area contributed by atoms with E-state index in [2.05, 4.69) is 51.2 Å². The second-order valence-corrected chi connectivity index (χ2v) is 8.07. The van der Waals surface area contributed by atoms with Crippen molar-refractivity contribution in [3.8, 4) is 0 Å². The zero-order chi connectivity index (χ0) is 15.3. The SMILES string of the molecule is CC1=CN=C(c2ccc(CC(C)C)cc2)C2C3CCC(C3)C12. The first-order valence-electron chi connectivity index (χ1n) is 8.97. The van der Waals surface area contributed by atoms with Crippen molar-refractivity contribution in [2.45, 2.75) is 46.5 Å². The first-order valence-corrected chi connectivity index (χ1v) is 8.97. The van der Waals surface area contributed by atoms with Crippen LogP contribution in [0.3, 0.4) is 0 Å². The largest absolute Gasteiger partial charge is 0.260 e. The first-order chi connectivity index (χ1) is 10.6. The van der Waals surface area contributed by atoms with Crippen LogP contribution in [0, 0.1) is 29.6 Å². The number of hydrogen-bond donors (Lipinski definition) is 0. The molecule has 2 aliphatic carbocycles. The number of hydrogen-bond acceptors (Lipinski definition) is 1. The van der Waals surface area contributed by atoms with Crippen molar-refractivity contribution in [3.05, 3.63) is 47.2 Å². The lowest BCUT2D eigenvalue weighted by Crippen LogP contribution is -2.33. The van der Waals surface area contributed by atoms with Crippen molar-refractivity contribution in [3.63, 3.8) is 0 Å². The molecule has 4 atom stereocenters. The molecule has 1 aromatic rings. The van der Waals surface area contributed by atoms with Gasteiger partial charge in [-0.3, -0.25) is 4.99 Å². The van der Waals surface area contributed by atoms with Crippen molar-refractivity contribution in [2.75, 3.05) is 0 Å². The fourth-order valence-corrected chi connectivity index (χ4v) is 5.23. The molecule has 1 nitrogen and oxygen atoms in total. The van der Waals surface area contributed by atoms with Gasteiger partial charge in [0.1, 0.15) is 0 Å². The monoisotopic (exact) mass is 293 g/mol. The van der Waals surface area contributed by atoms with Crippen molar-refractivity contribution >= 4 is 5.71 Å². The fraction of sp³-hybridized carbons (Fsp3) is 0.571. The van der Waals surface area contributed by atoms with Gasteiger partial charge in [0.15, 0.2) is 0 Å². The zero-order valence-electron chi connectivity index (χ0n) is 14.0. The molecule has 4 unspecified atom stereocenters. The standard InChI is InChI=1S/C21H27N/c1-13(2)10-15-4-6-16(7-5-15)21-20-18-9-8-17(11-18)19(20)14(3)12-22-21/h4-7,12-13,17-20H,8-11H2,1-3H3. The summed E-state index contributed by atoms with van der Waals surface area (Å²) in [6, 6.07) is 9.25. The van der Waals surface area contributed by atoms with Gasteiger partial charge in [0, 0.05) is 12.1 Å². The zero-order valence-corrected chi connectivity index (χ0v) is 14.0. The van der Waals surface area contributed by atoms with Crippen LogP contribution in [0.5, 0.6) is 0 Å². The lowest BCUT2D eigenvalue weighted by atomic mass is 9.71. The van der Waals surface area contributed by atoms with E-state index in [9.17, 15) is 0 Å². The van der Waals surface area contributed by atoms with Gasteiger partial charge in [0.2, 0.25) is 0 Å². The van der Waals surface area contributed by atoms with E-state index < -0.39 is 0 Å². The highest BCUT2D eigenvalue weighted by molar-refractivity contribution is 6.04.